The lowest BCUT2D eigenvalue weighted by molar-refractivity contribution is 0.617. The minimum absolute atomic E-state index is 0.451. The lowest BCUT2D eigenvalue weighted by atomic mass is 10.3. The van der Waals surface area contributed by atoms with Gasteiger partial charge in [0.2, 0.25) is 0 Å². The Morgan fingerprint density at radius 2 is 2.08 bits per heavy atom. The van der Waals surface area contributed by atoms with Gasteiger partial charge in [0.15, 0.2) is 0 Å². The molecule has 13 heavy (non-hydrogen) atoms. The van der Waals surface area contributed by atoms with E-state index in [1.165, 1.54) is 0 Å². The molecule has 0 bridgehead atoms. The van der Waals surface area contributed by atoms with Crippen molar-refractivity contribution in [3.63, 3.8) is 0 Å². The van der Waals surface area contributed by atoms with Gasteiger partial charge in [-0.3, -0.25) is 0 Å². The van der Waals surface area contributed by atoms with E-state index < -0.39 is 0 Å². The first-order valence-electron chi connectivity index (χ1n) is 4.48. The number of aromatic nitrogens is 3. The van der Waals surface area contributed by atoms with Gasteiger partial charge in [-0.15, -0.1) is 0 Å². The second kappa shape index (κ2) is 2.83. The van der Waals surface area contributed by atoms with E-state index >= 15 is 0 Å². The van der Waals surface area contributed by atoms with Gasteiger partial charge >= 0.3 is 0 Å². The van der Waals surface area contributed by atoms with E-state index in [0.29, 0.717) is 6.04 Å². The highest BCUT2D eigenvalue weighted by atomic mass is 15.1. The average Bonchev–Trinajstić information content (AvgIpc) is 2.48. The molecule has 0 amide bonds. The van der Waals surface area contributed by atoms with Crippen LogP contribution in [0.5, 0.6) is 0 Å². The number of hydrogen-bond acceptors (Lipinski definition) is 2. The summed E-state index contributed by atoms with van der Waals surface area (Å²) in [7, 11) is 0. The smallest absolute Gasteiger partial charge is 0.143 e. The van der Waals surface area contributed by atoms with E-state index in [1.807, 2.05) is 6.92 Å². The summed E-state index contributed by atoms with van der Waals surface area (Å²) in [6, 6.07) is 2.52. The zero-order chi connectivity index (χ0) is 9.42. The molecule has 0 aliphatic heterocycles. The average molecular weight is 175 g/mol. The van der Waals surface area contributed by atoms with E-state index in [4.69, 9.17) is 0 Å². The molecule has 2 heterocycles. The molecule has 3 nitrogen and oxygen atoms in total. The molecule has 0 radical (unpaired) electrons. The minimum Gasteiger partial charge on any atom is -0.330 e. The van der Waals surface area contributed by atoms with Gasteiger partial charge in [0, 0.05) is 17.6 Å². The Morgan fingerprint density at radius 1 is 1.31 bits per heavy atom. The molecule has 0 saturated heterocycles. The van der Waals surface area contributed by atoms with Gasteiger partial charge in [-0.2, -0.15) is 0 Å². The summed E-state index contributed by atoms with van der Waals surface area (Å²) in [5.74, 6) is 0. The summed E-state index contributed by atoms with van der Waals surface area (Å²) < 4.78 is 2.16. The van der Waals surface area contributed by atoms with Crippen molar-refractivity contribution in [2.75, 3.05) is 0 Å². The lowest BCUT2D eigenvalue weighted by Gasteiger charge is -2.07. The van der Waals surface area contributed by atoms with Crippen LogP contribution in [0, 0.1) is 6.92 Å². The maximum atomic E-state index is 4.28. The molecule has 0 fully saturated rings. The Bertz CT molecular complexity index is 429. The number of nitrogens with zero attached hydrogens (tertiary/aromatic N) is 3. The van der Waals surface area contributed by atoms with Crippen molar-refractivity contribution >= 4 is 11.0 Å². The quantitative estimate of drug-likeness (QED) is 0.666. The molecule has 2 aromatic rings. The van der Waals surface area contributed by atoms with Crippen LogP contribution in [0.15, 0.2) is 18.6 Å². The minimum atomic E-state index is 0.451. The molecule has 0 aromatic carbocycles. The highest BCUT2D eigenvalue weighted by molar-refractivity contribution is 5.78. The SMILES string of the molecule is Cc1ncnc2c1ccn2C(C)C. The van der Waals surface area contributed by atoms with Crippen LogP contribution in [-0.4, -0.2) is 14.5 Å². The molecule has 0 saturated carbocycles. The Hall–Kier alpha value is -1.38. The maximum absolute atomic E-state index is 4.28. The third kappa shape index (κ3) is 1.20. The predicted molar refractivity (Wildman–Crippen MR) is 52.7 cm³/mol. The summed E-state index contributed by atoms with van der Waals surface area (Å²) in [5, 5.41) is 1.15. The zero-order valence-electron chi connectivity index (χ0n) is 8.15. The van der Waals surface area contributed by atoms with Crippen LogP contribution in [0.2, 0.25) is 0 Å². The Morgan fingerprint density at radius 3 is 2.77 bits per heavy atom. The first kappa shape index (κ1) is 8.23. The van der Waals surface area contributed by atoms with E-state index in [0.717, 1.165) is 16.7 Å². The zero-order valence-corrected chi connectivity index (χ0v) is 8.15. The molecule has 0 atom stereocenters. The van der Waals surface area contributed by atoms with Gasteiger partial charge in [0.1, 0.15) is 12.0 Å². The molecule has 2 rings (SSSR count). The molecular weight excluding hydrogens is 162 g/mol. The van der Waals surface area contributed by atoms with E-state index in [1.54, 1.807) is 6.33 Å². The Balaban J connectivity index is 2.75. The molecule has 3 heteroatoms. The number of fused-ring (bicyclic) bond motifs is 1. The van der Waals surface area contributed by atoms with Crippen molar-refractivity contribution in [1.29, 1.82) is 0 Å². The number of hydrogen-bond donors (Lipinski definition) is 0. The first-order valence-corrected chi connectivity index (χ1v) is 4.48. The van der Waals surface area contributed by atoms with Crippen LogP contribution < -0.4 is 0 Å². The van der Waals surface area contributed by atoms with Crippen LogP contribution in [-0.2, 0) is 0 Å². The summed E-state index contributed by atoms with van der Waals surface area (Å²) in [6.45, 7) is 6.31. The molecule has 0 N–H and O–H groups in total. The number of rotatable bonds is 1. The summed E-state index contributed by atoms with van der Waals surface area (Å²) in [5.41, 5.74) is 2.08. The van der Waals surface area contributed by atoms with Crippen molar-refractivity contribution in [1.82, 2.24) is 14.5 Å². The normalized spacial score (nSPS) is 11.4. The number of aryl methyl sites for hydroxylation is 1. The van der Waals surface area contributed by atoms with Gasteiger partial charge in [-0.05, 0) is 26.8 Å². The van der Waals surface area contributed by atoms with Crippen LogP contribution in [0.1, 0.15) is 25.6 Å². The molecule has 0 spiro atoms. The summed E-state index contributed by atoms with van der Waals surface area (Å²) in [4.78, 5) is 8.43. The monoisotopic (exact) mass is 175 g/mol. The van der Waals surface area contributed by atoms with Crippen LogP contribution in [0.3, 0.4) is 0 Å². The largest absolute Gasteiger partial charge is 0.330 e. The third-order valence-electron chi connectivity index (χ3n) is 2.26. The Kier molecular flexibility index (Phi) is 1.79. The molecule has 0 aliphatic rings. The fraction of sp³-hybridized carbons (Fsp3) is 0.400. The van der Waals surface area contributed by atoms with Crippen molar-refractivity contribution in [2.24, 2.45) is 0 Å². The van der Waals surface area contributed by atoms with Gasteiger partial charge in [0.05, 0.1) is 5.69 Å². The van der Waals surface area contributed by atoms with E-state index in [2.05, 4.69) is 40.6 Å². The van der Waals surface area contributed by atoms with Gasteiger partial charge in [-0.25, -0.2) is 9.97 Å². The first-order chi connectivity index (χ1) is 6.20. The second-order valence-corrected chi connectivity index (χ2v) is 3.51. The van der Waals surface area contributed by atoms with Gasteiger partial charge in [0.25, 0.3) is 0 Å². The van der Waals surface area contributed by atoms with Crippen molar-refractivity contribution < 1.29 is 0 Å². The van der Waals surface area contributed by atoms with Crippen LogP contribution in [0.25, 0.3) is 11.0 Å². The highest BCUT2D eigenvalue weighted by Crippen LogP contribution is 2.18. The molecule has 0 unspecified atom stereocenters. The fourth-order valence-electron chi connectivity index (χ4n) is 1.51. The van der Waals surface area contributed by atoms with Crippen molar-refractivity contribution in [3.8, 4) is 0 Å². The molecular formula is C10H13N3. The standard InChI is InChI=1S/C10H13N3/c1-7(2)13-5-4-9-8(3)11-6-12-10(9)13/h4-7H,1-3H3. The van der Waals surface area contributed by atoms with E-state index in [-0.39, 0.29) is 0 Å². The van der Waals surface area contributed by atoms with Gasteiger partial charge in [-0.1, -0.05) is 0 Å². The third-order valence-corrected chi connectivity index (χ3v) is 2.26. The van der Waals surface area contributed by atoms with Crippen molar-refractivity contribution in [2.45, 2.75) is 26.8 Å². The summed E-state index contributed by atoms with van der Waals surface area (Å²) >= 11 is 0. The lowest BCUT2D eigenvalue weighted by Crippen LogP contribution is -2.00. The second-order valence-electron chi connectivity index (χ2n) is 3.51. The van der Waals surface area contributed by atoms with E-state index in [9.17, 15) is 0 Å². The van der Waals surface area contributed by atoms with Crippen LogP contribution in [0.4, 0.5) is 0 Å². The summed E-state index contributed by atoms with van der Waals surface area (Å²) in [6.07, 6.45) is 3.69. The van der Waals surface area contributed by atoms with Crippen LogP contribution >= 0.6 is 0 Å². The fourth-order valence-corrected chi connectivity index (χ4v) is 1.51. The maximum Gasteiger partial charge on any atom is 0.143 e. The molecule has 68 valence electrons. The molecule has 0 aliphatic carbocycles. The Labute approximate surface area is 77.4 Å². The predicted octanol–water partition coefficient (Wildman–Crippen LogP) is 2.32. The van der Waals surface area contributed by atoms with Crippen molar-refractivity contribution in [3.05, 3.63) is 24.3 Å². The molecule has 2 aromatic heterocycles. The topological polar surface area (TPSA) is 30.7 Å². The highest BCUT2D eigenvalue weighted by Gasteiger charge is 2.06. The van der Waals surface area contributed by atoms with Gasteiger partial charge < -0.3 is 4.57 Å².